The van der Waals surface area contributed by atoms with Crippen LogP contribution in [-0.2, 0) is 9.59 Å². The fourth-order valence-electron chi connectivity index (χ4n) is 5.13. The van der Waals surface area contributed by atoms with Crippen LogP contribution in [0.15, 0.2) is 75.5 Å². The molecule has 3 N–H and O–H groups in total. The fourth-order valence-corrected chi connectivity index (χ4v) is 7.72. The molecule has 2 aliphatic rings. The number of aromatic nitrogens is 3. The Kier molecular flexibility index (Phi) is 7.92. The summed E-state index contributed by atoms with van der Waals surface area (Å²) in [4.78, 5) is 32.1. The molecule has 2 aromatic heterocycles. The average molecular weight is 616 g/mol. The van der Waals surface area contributed by atoms with Crippen LogP contribution in [-0.4, -0.2) is 39.2 Å². The minimum atomic E-state index is -0.519. The van der Waals surface area contributed by atoms with Gasteiger partial charge in [0, 0.05) is 17.7 Å². The van der Waals surface area contributed by atoms with Gasteiger partial charge in [-0.2, -0.15) is 5.26 Å². The lowest BCUT2D eigenvalue weighted by atomic mass is 9.76. The van der Waals surface area contributed by atoms with Crippen molar-refractivity contribution in [2.45, 2.75) is 36.4 Å². The molecular formula is C29H25N7O3S3. The topological polar surface area (TPSA) is 147 Å². The zero-order chi connectivity index (χ0) is 29.2. The zero-order valence-corrected chi connectivity index (χ0v) is 24.9. The van der Waals surface area contributed by atoms with E-state index in [1.165, 1.54) is 34.4 Å². The first-order valence-corrected chi connectivity index (χ1v) is 15.9. The lowest BCUT2D eigenvalue weighted by molar-refractivity contribution is -0.116. The predicted molar refractivity (Wildman–Crippen MR) is 164 cm³/mol. The van der Waals surface area contributed by atoms with Crippen molar-refractivity contribution in [1.82, 2.24) is 15.2 Å². The SMILES string of the molecule is CCOc1ccc2nc(NC(=O)CSc3nnc(N4C(N)=C(C#N)C(c5ccccc5)C5=C4CCCC5=O)s3)sc2c1. The van der Waals surface area contributed by atoms with Gasteiger partial charge in [0.15, 0.2) is 15.3 Å². The monoisotopic (exact) mass is 615 g/mol. The first-order chi connectivity index (χ1) is 20.5. The second-order valence-corrected chi connectivity index (χ2v) is 12.7. The van der Waals surface area contributed by atoms with E-state index in [2.05, 4.69) is 26.6 Å². The van der Waals surface area contributed by atoms with Gasteiger partial charge in [0.2, 0.25) is 11.0 Å². The number of ketones is 1. The molecule has 2 aromatic carbocycles. The van der Waals surface area contributed by atoms with Crippen molar-refractivity contribution in [3.05, 3.63) is 76.8 Å². The number of carbonyl (C=O) groups is 2. The van der Waals surface area contributed by atoms with Crippen LogP contribution in [0.4, 0.5) is 10.3 Å². The number of carbonyl (C=O) groups excluding carboxylic acids is 2. The zero-order valence-electron chi connectivity index (χ0n) is 22.5. The maximum absolute atomic E-state index is 13.2. The van der Waals surface area contributed by atoms with Crippen LogP contribution in [0.3, 0.4) is 0 Å². The van der Waals surface area contributed by atoms with Gasteiger partial charge in [-0.3, -0.25) is 14.5 Å². The Morgan fingerprint density at radius 2 is 2.05 bits per heavy atom. The summed E-state index contributed by atoms with van der Waals surface area (Å²) >= 11 is 3.88. The molecule has 1 atom stereocenters. The number of benzene rings is 2. The molecule has 1 unspecified atom stereocenters. The number of fused-ring (bicyclic) bond motifs is 1. The molecule has 212 valence electrons. The molecule has 0 radical (unpaired) electrons. The Morgan fingerprint density at radius 1 is 1.21 bits per heavy atom. The maximum Gasteiger partial charge on any atom is 0.236 e. The third-order valence-electron chi connectivity index (χ3n) is 6.88. The van der Waals surface area contributed by atoms with Crippen LogP contribution in [0.5, 0.6) is 5.75 Å². The molecule has 3 heterocycles. The predicted octanol–water partition coefficient (Wildman–Crippen LogP) is 5.58. The molecule has 1 aliphatic heterocycles. The summed E-state index contributed by atoms with van der Waals surface area (Å²) in [6.07, 6.45) is 1.73. The fraction of sp³-hybridized carbons (Fsp3) is 0.241. The molecule has 0 bridgehead atoms. The Bertz CT molecular complexity index is 1790. The highest BCUT2D eigenvalue weighted by atomic mass is 32.2. The molecule has 1 amide bonds. The van der Waals surface area contributed by atoms with E-state index >= 15 is 0 Å². The van der Waals surface area contributed by atoms with Crippen molar-refractivity contribution in [2.24, 2.45) is 5.73 Å². The Hall–Kier alpha value is -4.25. The summed E-state index contributed by atoms with van der Waals surface area (Å²) in [7, 11) is 0. The summed E-state index contributed by atoms with van der Waals surface area (Å²) in [6, 6.07) is 17.4. The number of rotatable bonds is 8. The molecule has 1 aliphatic carbocycles. The number of ether oxygens (including phenoxy) is 1. The van der Waals surface area contributed by atoms with Crippen LogP contribution in [0.25, 0.3) is 10.2 Å². The van der Waals surface area contributed by atoms with E-state index in [1.807, 2.05) is 55.5 Å². The number of amides is 1. The van der Waals surface area contributed by atoms with Crippen LogP contribution in [0.1, 0.15) is 37.7 Å². The van der Waals surface area contributed by atoms with Gasteiger partial charge in [0.05, 0.1) is 40.1 Å². The average Bonchev–Trinajstić information content (AvgIpc) is 3.62. The van der Waals surface area contributed by atoms with E-state index in [0.29, 0.717) is 51.6 Å². The van der Waals surface area contributed by atoms with Gasteiger partial charge in [-0.25, -0.2) is 4.98 Å². The number of hydrogen-bond acceptors (Lipinski definition) is 12. The van der Waals surface area contributed by atoms with Crippen LogP contribution in [0, 0.1) is 11.3 Å². The Labute approximate surface area is 253 Å². The van der Waals surface area contributed by atoms with E-state index in [-0.39, 0.29) is 23.3 Å². The number of nitrogens with one attached hydrogen (secondary N) is 1. The number of nitrogens with two attached hydrogens (primary N) is 1. The molecule has 10 nitrogen and oxygen atoms in total. The van der Waals surface area contributed by atoms with Gasteiger partial charge < -0.3 is 15.8 Å². The molecule has 0 fully saturated rings. The van der Waals surface area contributed by atoms with Crippen molar-refractivity contribution in [2.75, 3.05) is 22.6 Å². The molecule has 6 rings (SSSR count). The van der Waals surface area contributed by atoms with E-state index in [1.54, 1.807) is 4.90 Å². The summed E-state index contributed by atoms with van der Waals surface area (Å²) in [5.74, 6) is 0.374. The van der Waals surface area contributed by atoms with Crippen molar-refractivity contribution in [3.8, 4) is 11.8 Å². The van der Waals surface area contributed by atoms with Gasteiger partial charge in [0.25, 0.3) is 0 Å². The summed E-state index contributed by atoms with van der Waals surface area (Å²) in [5, 5.41) is 22.6. The van der Waals surface area contributed by atoms with Crippen LogP contribution < -0.4 is 20.7 Å². The largest absolute Gasteiger partial charge is 0.494 e. The standard InChI is InChI=1S/C29H25N7O3S3/c1-2-39-17-11-12-19-22(13-17)41-27(32-19)33-23(38)15-40-29-35-34-28(42-29)36-20-9-6-10-21(37)25(20)24(18(14-30)26(36)31)16-7-4-3-5-8-16/h3-5,7-8,11-13,24H,2,6,9-10,15,31H2,1H3,(H,32,33,38). The Morgan fingerprint density at radius 3 is 2.83 bits per heavy atom. The summed E-state index contributed by atoms with van der Waals surface area (Å²) in [5.41, 5.74) is 9.90. The number of hydrogen-bond donors (Lipinski definition) is 2. The highest BCUT2D eigenvalue weighted by Crippen LogP contribution is 2.47. The molecule has 42 heavy (non-hydrogen) atoms. The van der Waals surface area contributed by atoms with Gasteiger partial charge >= 0.3 is 0 Å². The van der Waals surface area contributed by atoms with Crippen molar-refractivity contribution in [1.29, 1.82) is 5.26 Å². The Balaban J connectivity index is 1.20. The number of allylic oxidation sites excluding steroid dienone is 3. The number of nitrogens with zero attached hydrogens (tertiary/aromatic N) is 5. The highest BCUT2D eigenvalue weighted by molar-refractivity contribution is 8.01. The summed E-state index contributed by atoms with van der Waals surface area (Å²) in [6.45, 7) is 2.50. The minimum Gasteiger partial charge on any atom is -0.494 e. The first-order valence-electron chi connectivity index (χ1n) is 13.3. The third kappa shape index (κ3) is 5.36. The van der Waals surface area contributed by atoms with E-state index < -0.39 is 5.92 Å². The number of thiazole rings is 1. The third-order valence-corrected chi connectivity index (χ3v) is 9.85. The van der Waals surface area contributed by atoms with Gasteiger partial charge in [-0.05, 0) is 43.5 Å². The van der Waals surface area contributed by atoms with Crippen LogP contribution in [0.2, 0.25) is 0 Å². The van der Waals surface area contributed by atoms with E-state index in [9.17, 15) is 14.9 Å². The normalized spacial score (nSPS) is 16.9. The molecular weight excluding hydrogens is 591 g/mol. The smallest absolute Gasteiger partial charge is 0.236 e. The lowest BCUT2D eigenvalue weighted by Crippen LogP contribution is -2.38. The van der Waals surface area contributed by atoms with Crippen molar-refractivity contribution in [3.63, 3.8) is 0 Å². The summed E-state index contributed by atoms with van der Waals surface area (Å²) < 4.78 is 7.03. The van der Waals surface area contributed by atoms with E-state index in [4.69, 9.17) is 10.5 Å². The van der Waals surface area contributed by atoms with Gasteiger partial charge in [-0.1, -0.05) is 64.8 Å². The van der Waals surface area contributed by atoms with Crippen LogP contribution >= 0.6 is 34.4 Å². The van der Waals surface area contributed by atoms with Gasteiger partial charge in [-0.15, -0.1) is 10.2 Å². The van der Waals surface area contributed by atoms with E-state index in [0.717, 1.165) is 27.2 Å². The lowest BCUT2D eigenvalue weighted by Gasteiger charge is -2.38. The van der Waals surface area contributed by atoms with Crippen molar-refractivity contribution >= 4 is 66.6 Å². The van der Waals surface area contributed by atoms with Crippen molar-refractivity contribution < 1.29 is 14.3 Å². The molecule has 0 saturated carbocycles. The highest BCUT2D eigenvalue weighted by Gasteiger charge is 2.41. The first kappa shape index (κ1) is 27.9. The molecule has 0 spiro atoms. The number of thioether (sulfide) groups is 1. The quantitative estimate of drug-likeness (QED) is 0.241. The molecule has 4 aromatic rings. The second-order valence-electron chi connectivity index (χ2n) is 9.50. The number of nitriles is 1. The molecule has 0 saturated heterocycles. The number of Topliss-reactive ketones (excluding diaryl/α,β-unsaturated/α-hetero) is 1. The van der Waals surface area contributed by atoms with Gasteiger partial charge in [0.1, 0.15) is 11.6 Å². The number of anilines is 2. The minimum absolute atomic E-state index is 0.00935. The maximum atomic E-state index is 13.2. The molecule has 13 heteroatoms. The second kappa shape index (κ2) is 11.9.